The summed E-state index contributed by atoms with van der Waals surface area (Å²) in [6.07, 6.45) is 4.35. The molecule has 5 heteroatoms. The molecule has 0 spiro atoms. The molecule has 5 nitrogen and oxygen atoms in total. The number of nitrogens with zero attached hydrogens (tertiary/aromatic N) is 1. The average molecular weight is 271 g/mol. The fraction of sp³-hybridized carbons (Fsp3) is 0. The van der Waals surface area contributed by atoms with E-state index >= 15 is 0 Å². The third-order valence-electron chi connectivity index (χ3n) is 2.29. The van der Waals surface area contributed by atoms with Gasteiger partial charge < -0.3 is 20.4 Å². The maximum absolute atomic E-state index is 9.30. The van der Waals surface area contributed by atoms with Crippen LogP contribution in [-0.2, 0) is 0 Å². The lowest BCUT2D eigenvalue weighted by Gasteiger charge is -1.98. The molecule has 0 aliphatic carbocycles. The number of aliphatic hydroxyl groups is 1. The Bertz CT molecular complexity index is 607. The van der Waals surface area contributed by atoms with Gasteiger partial charge in [0.15, 0.2) is 0 Å². The molecule has 0 unspecified atom stereocenters. The minimum atomic E-state index is 0.0235. The van der Waals surface area contributed by atoms with Gasteiger partial charge in [-0.05, 0) is 35.4 Å². The molecule has 2 rings (SSSR count). The van der Waals surface area contributed by atoms with Gasteiger partial charge in [0.05, 0.1) is 0 Å². The lowest BCUT2D eigenvalue weighted by atomic mass is 10.1. The summed E-state index contributed by atoms with van der Waals surface area (Å²) in [7, 11) is 0. The maximum atomic E-state index is 9.30. The van der Waals surface area contributed by atoms with Crippen LogP contribution in [0.15, 0.2) is 42.5 Å². The van der Waals surface area contributed by atoms with Crippen LogP contribution in [0.5, 0.6) is 17.2 Å². The van der Waals surface area contributed by atoms with Gasteiger partial charge in [0, 0.05) is 6.07 Å². The molecule has 0 aliphatic heterocycles. The van der Waals surface area contributed by atoms with E-state index in [9.17, 15) is 10.2 Å². The van der Waals surface area contributed by atoms with Crippen molar-refractivity contribution in [2.75, 3.05) is 0 Å². The second kappa shape index (κ2) is 7.34. The van der Waals surface area contributed by atoms with Crippen molar-refractivity contribution in [3.63, 3.8) is 0 Å². The second-order valence-corrected chi connectivity index (χ2v) is 3.81. The Kier molecular flexibility index (Phi) is 5.48. The number of phenols is 3. The van der Waals surface area contributed by atoms with Gasteiger partial charge in [-0.25, -0.2) is 0 Å². The van der Waals surface area contributed by atoms with Crippen LogP contribution in [0, 0.1) is 11.5 Å². The summed E-state index contributed by atoms with van der Waals surface area (Å²) in [5, 5.41) is 41.5. The van der Waals surface area contributed by atoms with Crippen molar-refractivity contribution in [1.82, 2.24) is 0 Å². The first-order valence-corrected chi connectivity index (χ1v) is 5.58. The number of hydrogen-bond acceptors (Lipinski definition) is 5. The molecule has 0 amide bonds. The van der Waals surface area contributed by atoms with Crippen molar-refractivity contribution in [3.05, 3.63) is 53.6 Å². The van der Waals surface area contributed by atoms with E-state index in [4.69, 9.17) is 15.5 Å². The Labute approximate surface area is 115 Å². The Morgan fingerprint density at radius 3 is 1.70 bits per heavy atom. The summed E-state index contributed by atoms with van der Waals surface area (Å²) in [5.74, 6) is 0.267. The van der Waals surface area contributed by atoms with Crippen molar-refractivity contribution >= 4 is 12.2 Å². The number of hydrogen-bond donors (Lipinski definition) is 4. The van der Waals surface area contributed by atoms with Crippen LogP contribution < -0.4 is 0 Å². The average Bonchev–Trinajstić information content (AvgIpc) is 2.38. The molecule has 0 aromatic heterocycles. The molecule has 2 aromatic carbocycles. The molecular weight excluding hydrogens is 258 g/mol. The fourth-order valence-electron chi connectivity index (χ4n) is 1.49. The van der Waals surface area contributed by atoms with Crippen molar-refractivity contribution in [3.8, 4) is 23.5 Å². The standard InChI is InChI=1S/C14H12O3.CHNO/c15-12-5-3-10(4-6-12)1-2-11-7-13(16)9-14(17)8-11;2-1-3/h1-9,15-17H;3H. The molecule has 102 valence electrons. The van der Waals surface area contributed by atoms with Crippen molar-refractivity contribution in [2.24, 2.45) is 0 Å². The van der Waals surface area contributed by atoms with Crippen LogP contribution in [0.4, 0.5) is 0 Å². The van der Waals surface area contributed by atoms with Crippen molar-refractivity contribution in [1.29, 1.82) is 5.26 Å². The van der Waals surface area contributed by atoms with Crippen LogP contribution in [0.1, 0.15) is 11.1 Å². The first kappa shape index (κ1) is 14.9. The van der Waals surface area contributed by atoms with Crippen molar-refractivity contribution < 1.29 is 20.4 Å². The minimum Gasteiger partial charge on any atom is -0.508 e. The summed E-state index contributed by atoms with van der Waals surface area (Å²) in [6.45, 7) is 0. The first-order valence-electron chi connectivity index (χ1n) is 5.58. The molecule has 0 fully saturated rings. The van der Waals surface area contributed by atoms with E-state index in [1.54, 1.807) is 42.5 Å². The number of aliphatic hydroxyl groups excluding tert-OH is 1. The van der Waals surface area contributed by atoms with Crippen LogP contribution in [0.3, 0.4) is 0 Å². The topological polar surface area (TPSA) is 105 Å². The van der Waals surface area contributed by atoms with E-state index in [2.05, 4.69) is 0 Å². The molecule has 0 saturated carbocycles. The lowest BCUT2D eigenvalue weighted by molar-refractivity contribution is 0.450. The number of benzene rings is 2. The quantitative estimate of drug-likeness (QED) is 0.496. The minimum absolute atomic E-state index is 0.0235. The highest BCUT2D eigenvalue weighted by Crippen LogP contribution is 2.22. The van der Waals surface area contributed by atoms with Gasteiger partial charge in [-0.15, -0.1) is 0 Å². The predicted molar refractivity (Wildman–Crippen MR) is 74.4 cm³/mol. The fourth-order valence-corrected chi connectivity index (χ4v) is 1.49. The smallest absolute Gasteiger partial charge is 0.283 e. The lowest BCUT2D eigenvalue weighted by Crippen LogP contribution is -1.74. The van der Waals surface area contributed by atoms with E-state index in [1.165, 1.54) is 6.07 Å². The normalized spacial score (nSPS) is 9.55. The summed E-state index contributed by atoms with van der Waals surface area (Å²) in [5.41, 5.74) is 1.63. The summed E-state index contributed by atoms with van der Waals surface area (Å²) >= 11 is 0. The summed E-state index contributed by atoms with van der Waals surface area (Å²) < 4.78 is 0. The molecule has 0 atom stereocenters. The zero-order valence-corrected chi connectivity index (χ0v) is 10.4. The first-order chi connectivity index (χ1) is 9.55. The number of nitriles is 1. The molecular formula is C15H13NO4. The maximum Gasteiger partial charge on any atom is 0.283 e. The Hall–Kier alpha value is -3.13. The molecule has 0 bridgehead atoms. The Morgan fingerprint density at radius 1 is 0.750 bits per heavy atom. The van der Waals surface area contributed by atoms with Crippen LogP contribution >= 0.6 is 0 Å². The number of aromatic hydroxyl groups is 3. The second-order valence-electron chi connectivity index (χ2n) is 3.81. The van der Waals surface area contributed by atoms with Gasteiger partial charge in [0.1, 0.15) is 17.2 Å². The predicted octanol–water partition coefficient (Wildman–Crippen LogP) is 2.81. The third kappa shape index (κ3) is 5.02. The summed E-state index contributed by atoms with van der Waals surface area (Å²) in [4.78, 5) is 0. The zero-order chi connectivity index (χ0) is 15.0. The van der Waals surface area contributed by atoms with E-state index in [1.807, 2.05) is 6.08 Å². The van der Waals surface area contributed by atoms with Crippen molar-refractivity contribution in [2.45, 2.75) is 0 Å². The van der Waals surface area contributed by atoms with Gasteiger partial charge in [0.2, 0.25) is 0 Å². The highest BCUT2D eigenvalue weighted by Gasteiger charge is 1.95. The van der Waals surface area contributed by atoms with Gasteiger partial charge in [-0.3, -0.25) is 0 Å². The zero-order valence-electron chi connectivity index (χ0n) is 10.4. The molecule has 0 heterocycles. The molecule has 20 heavy (non-hydrogen) atoms. The third-order valence-corrected chi connectivity index (χ3v) is 2.29. The highest BCUT2D eigenvalue weighted by atomic mass is 16.3. The van der Waals surface area contributed by atoms with Gasteiger partial charge in [-0.2, -0.15) is 5.26 Å². The molecule has 0 radical (unpaired) electrons. The van der Waals surface area contributed by atoms with E-state index in [0.29, 0.717) is 5.56 Å². The highest BCUT2D eigenvalue weighted by molar-refractivity contribution is 5.71. The number of rotatable bonds is 2. The van der Waals surface area contributed by atoms with Crippen LogP contribution in [-0.4, -0.2) is 20.4 Å². The SMILES string of the molecule is N#CO.Oc1ccc(C=Cc2cc(O)cc(O)c2)cc1. The van der Waals surface area contributed by atoms with Gasteiger partial charge >= 0.3 is 0 Å². The van der Waals surface area contributed by atoms with Gasteiger partial charge in [-0.1, -0.05) is 24.3 Å². The molecule has 4 N–H and O–H groups in total. The van der Waals surface area contributed by atoms with Crippen LogP contribution in [0.2, 0.25) is 0 Å². The monoisotopic (exact) mass is 271 g/mol. The van der Waals surface area contributed by atoms with Gasteiger partial charge in [0.25, 0.3) is 6.26 Å². The number of phenolic OH excluding ortho intramolecular Hbond substituents is 3. The van der Waals surface area contributed by atoms with Crippen LogP contribution in [0.25, 0.3) is 12.2 Å². The van der Waals surface area contributed by atoms with E-state index in [0.717, 1.165) is 11.8 Å². The molecule has 0 saturated heterocycles. The van der Waals surface area contributed by atoms with E-state index < -0.39 is 0 Å². The summed E-state index contributed by atoms with van der Waals surface area (Å²) in [6, 6.07) is 11.1. The van der Waals surface area contributed by atoms with E-state index in [-0.39, 0.29) is 17.2 Å². The Morgan fingerprint density at radius 2 is 1.20 bits per heavy atom. The Balaban J connectivity index is 0.000000612. The largest absolute Gasteiger partial charge is 0.508 e. The molecule has 2 aromatic rings. The molecule has 0 aliphatic rings.